The predicted octanol–water partition coefficient (Wildman–Crippen LogP) is 1.83. The van der Waals surface area contributed by atoms with Crippen LogP contribution in [0.1, 0.15) is 40.0 Å². The molecule has 82 valence electrons. The number of nitrogens with two attached hydrogens (primary N) is 1. The Balaban J connectivity index is 2.48. The van der Waals surface area contributed by atoms with Gasteiger partial charge in [0.15, 0.2) is 5.96 Å². The zero-order valence-corrected chi connectivity index (χ0v) is 9.66. The van der Waals surface area contributed by atoms with Crippen molar-refractivity contribution in [3.63, 3.8) is 0 Å². The Morgan fingerprint density at radius 1 is 1.50 bits per heavy atom. The average molecular weight is 197 g/mol. The molecule has 0 saturated carbocycles. The third-order valence-corrected chi connectivity index (χ3v) is 2.72. The molecule has 14 heavy (non-hydrogen) atoms. The fourth-order valence-corrected chi connectivity index (χ4v) is 1.81. The fourth-order valence-electron chi connectivity index (χ4n) is 1.81. The number of piperidine rings is 1. The molecule has 1 aliphatic heterocycles. The number of likely N-dealkylation sites (tertiary alicyclic amines) is 1. The summed E-state index contributed by atoms with van der Waals surface area (Å²) in [4.78, 5) is 6.66. The van der Waals surface area contributed by atoms with Gasteiger partial charge in [0.2, 0.25) is 0 Å². The number of hydrogen-bond acceptors (Lipinski definition) is 1. The van der Waals surface area contributed by atoms with Gasteiger partial charge >= 0.3 is 0 Å². The normalized spacial score (nSPS) is 24.4. The minimum absolute atomic E-state index is 0.569. The van der Waals surface area contributed by atoms with Crippen molar-refractivity contribution in [3.05, 3.63) is 0 Å². The SMILES string of the molecule is CC(C)CN=C(N)N1CCCCC1C. The molecule has 0 aromatic carbocycles. The molecule has 2 N–H and O–H groups in total. The van der Waals surface area contributed by atoms with Crippen LogP contribution in [0, 0.1) is 5.92 Å². The van der Waals surface area contributed by atoms with E-state index in [1.807, 2.05) is 0 Å². The molecular weight excluding hydrogens is 174 g/mol. The summed E-state index contributed by atoms with van der Waals surface area (Å²) in [5.41, 5.74) is 5.96. The molecule has 1 saturated heterocycles. The van der Waals surface area contributed by atoms with E-state index in [0.717, 1.165) is 19.0 Å². The first-order chi connectivity index (χ1) is 6.61. The summed E-state index contributed by atoms with van der Waals surface area (Å²) in [6, 6.07) is 0.569. The van der Waals surface area contributed by atoms with Crippen molar-refractivity contribution in [2.45, 2.75) is 46.1 Å². The van der Waals surface area contributed by atoms with Gasteiger partial charge in [-0.2, -0.15) is 0 Å². The number of aliphatic imine (C=N–C) groups is 1. The van der Waals surface area contributed by atoms with Crippen molar-refractivity contribution in [1.82, 2.24) is 4.90 Å². The van der Waals surface area contributed by atoms with E-state index in [-0.39, 0.29) is 0 Å². The van der Waals surface area contributed by atoms with Gasteiger partial charge in [0, 0.05) is 19.1 Å². The van der Waals surface area contributed by atoms with Crippen LogP contribution in [0.2, 0.25) is 0 Å². The van der Waals surface area contributed by atoms with Crippen LogP contribution in [0.4, 0.5) is 0 Å². The van der Waals surface area contributed by atoms with Crippen LogP contribution in [0.5, 0.6) is 0 Å². The van der Waals surface area contributed by atoms with Crippen LogP contribution < -0.4 is 5.73 Å². The van der Waals surface area contributed by atoms with E-state index in [9.17, 15) is 0 Å². The Kier molecular flexibility index (Phi) is 4.23. The van der Waals surface area contributed by atoms with E-state index >= 15 is 0 Å². The van der Waals surface area contributed by atoms with E-state index in [4.69, 9.17) is 5.73 Å². The Hall–Kier alpha value is -0.730. The maximum absolute atomic E-state index is 5.96. The Morgan fingerprint density at radius 2 is 2.21 bits per heavy atom. The van der Waals surface area contributed by atoms with Gasteiger partial charge in [-0.3, -0.25) is 4.99 Å². The summed E-state index contributed by atoms with van der Waals surface area (Å²) < 4.78 is 0. The van der Waals surface area contributed by atoms with Crippen molar-refractivity contribution >= 4 is 5.96 Å². The lowest BCUT2D eigenvalue weighted by atomic mass is 10.0. The second kappa shape index (κ2) is 5.23. The van der Waals surface area contributed by atoms with E-state index < -0.39 is 0 Å². The molecule has 3 nitrogen and oxygen atoms in total. The molecule has 1 fully saturated rings. The molecule has 1 heterocycles. The molecule has 1 aliphatic rings. The third kappa shape index (κ3) is 3.20. The van der Waals surface area contributed by atoms with Gasteiger partial charge in [0.05, 0.1) is 0 Å². The highest BCUT2D eigenvalue weighted by atomic mass is 15.3. The van der Waals surface area contributed by atoms with E-state index in [1.165, 1.54) is 19.3 Å². The van der Waals surface area contributed by atoms with Crippen molar-refractivity contribution in [3.8, 4) is 0 Å². The molecule has 1 unspecified atom stereocenters. The summed E-state index contributed by atoms with van der Waals surface area (Å²) in [5.74, 6) is 1.33. The van der Waals surface area contributed by atoms with Gasteiger partial charge in [0.25, 0.3) is 0 Å². The highest BCUT2D eigenvalue weighted by Crippen LogP contribution is 2.15. The lowest BCUT2D eigenvalue weighted by molar-refractivity contribution is 0.255. The van der Waals surface area contributed by atoms with Crippen LogP contribution in [-0.4, -0.2) is 30.0 Å². The summed E-state index contributed by atoms with van der Waals surface area (Å²) in [5, 5.41) is 0. The van der Waals surface area contributed by atoms with Crippen molar-refractivity contribution in [2.24, 2.45) is 16.6 Å². The highest BCUT2D eigenvalue weighted by Gasteiger charge is 2.19. The monoisotopic (exact) mass is 197 g/mol. The quantitative estimate of drug-likeness (QED) is 0.542. The molecule has 0 aliphatic carbocycles. The summed E-state index contributed by atoms with van der Waals surface area (Å²) in [6.07, 6.45) is 3.83. The molecule has 1 rings (SSSR count). The van der Waals surface area contributed by atoms with Gasteiger partial charge < -0.3 is 10.6 Å². The minimum atomic E-state index is 0.569. The maximum atomic E-state index is 5.96. The standard InChI is InChI=1S/C11H23N3/c1-9(2)8-13-11(12)14-7-5-4-6-10(14)3/h9-10H,4-8H2,1-3H3,(H2,12,13). The molecule has 0 aromatic rings. The van der Waals surface area contributed by atoms with E-state index in [0.29, 0.717) is 12.0 Å². The summed E-state index contributed by atoms with van der Waals surface area (Å²) in [6.45, 7) is 8.48. The molecular formula is C11H23N3. The van der Waals surface area contributed by atoms with Gasteiger partial charge in [0.1, 0.15) is 0 Å². The summed E-state index contributed by atoms with van der Waals surface area (Å²) >= 11 is 0. The topological polar surface area (TPSA) is 41.6 Å². The molecule has 3 heteroatoms. The Bertz CT molecular complexity index is 199. The van der Waals surface area contributed by atoms with Crippen molar-refractivity contribution in [1.29, 1.82) is 0 Å². The smallest absolute Gasteiger partial charge is 0.191 e. The van der Waals surface area contributed by atoms with E-state index in [1.54, 1.807) is 0 Å². The zero-order chi connectivity index (χ0) is 10.6. The molecule has 0 bridgehead atoms. The highest BCUT2D eigenvalue weighted by molar-refractivity contribution is 5.78. The number of guanidine groups is 1. The lowest BCUT2D eigenvalue weighted by Crippen LogP contribution is -2.46. The van der Waals surface area contributed by atoms with Crippen LogP contribution in [0.3, 0.4) is 0 Å². The first-order valence-electron chi connectivity index (χ1n) is 5.68. The molecule has 0 spiro atoms. The summed E-state index contributed by atoms with van der Waals surface area (Å²) in [7, 11) is 0. The number of nitrogens with zero attached hydrogens (tertiary/aromatic N) is 2. The van der Waals surface area contributed by atoms with Gasteiger partial charge in [-0.1, -0.05) is 13.8 Å². The average Bonchev–Trinajstić information content (AvgIpc) is 2.15. The van der Waals surface area contributed by atoms with Gasteiger partial charge in [-0.15, -0.1) is 0 Å². The predicted molar refractivity (Wildman–Crippen MR) is 61.3 cm³/mol. The van der Waals surface area contributed by atoms with Crippen LogP contribution in [-0.2, 0) is 0 Å². The third-order valence-electron chi connectivity index (χ3n) is 2.72. The molecule has 0 aromatic heterocycles. The Morgan fingerprint density at radius 3 is 2.79 bits per heavy atom. The first kappa shape index (κ1) is 11.3. The minimum Gasteiger partial charge on any atom is -0.370 e. The second-order valence-electron chi connectivity index (χ2n) is 4.63. The maximum Gasteiger partial charge on any atom is 0.191 e. The van der Waals surface area contributed by atoms with Crippen molar-refractivity contribution < 1.29 is 0 Å². The van der Waals surface area contributed by atoms with Crippen LogP contribution in [0.25, 0.3) is 0 Å². The first-order valence-corrected chi connectivity index (χ1v) is 5.68. The largest absolute Gasteiger partial charge is 0.370 e. The number of hydrogen-bond donors (Lipinski definition) is 1. The van der Waals surface area contributed by atoms with E-state index in [2.05, 4.69) is 30.7 Å². The fraction of sp³-hybridized carbons (Fsp3) is 0.909. The second-order valence-corrected chi connectivity index (χ2v) is 4.63. The van der Waals surface area contributed by atoms with Crippen molar-refractivity contribution in [2.75, 3.05) is 13.1 Å². The molecule has 0 amide bonds. The van der Waals surface area contributed by atoms with Gasteiger partial charge in [-0.05, 0) is 32.1 Å². The number of rotatable bonds is 2. The van der Waals surface area contributed by atoms with Crippen LogP contribution in [0.15, 0.2) is 4.99 Å². The lowest BCUT2D eigenvalue weighted by Gasteiger charge is -2.34. The Labute approximate surface area is 87.4 Å². The molecule has 1 atom stereocenters. The van der Waals surface area contributed by atoms with Gasteiger partial charge in [-0.25, -0.2) is 0 Å². The van der Waals surface area contributed by atoms with Crippen LogP contribution >= 0.6 is 0 Å². The molecule has 0 radical (unpaired) electrons. The zero-order valence-electron chi connectivity index (χ0n) is 9.66.